The molecule has 4 saturated carbocycles. The van der Waals surface area contributed by atoms with Crippen molar-refractivity contribution in [2.24, 2.45) is 58.2 Å². The highest BCUT2D eigenvalue weighted by Crippen LogP contribution is 2.69. The summed E-state index contributed by atoms with van der Waals surface area (Å²) in [6.45, 7) is 24.1. The van der Waals surface area contributed by atoms with E-state index in [4.69, 9.17) is 4.43 Å². The fourth-order valence-electron chi connectivity index (χ4n) is 10.8. The van der Waals surface area contributed by atoms with Crippen LogP contribution in [0.3, 0.4) is 0 Å². The molecule has 4 aliphatic carbocycles. The van der Waals surface area contributed by atoms with Gasteiger partial charge in [-0.15, -0.1) is 0 Å². The van der Waals surface area contributed by atoms with Crippen molar-refractivity contribution in [1.82, 2.24) is 0 Å². The highest BCUT2D eigenvalue weighted by molar-refractivity contribution is 6.74. The van der Waals surface area contributed by atoms with Crippen LogP contribution in [0, 0.1) is 58.2 Å². The molecule has 0 N–H and O–H groups in total. The number of halogens is 2. The Balaban J connectivity index is 1.53. The summed E-state index contributed by atoms with van der Waals surface area (Å²) in [5, 5.41) is 0.135. The summed E-state index contributed by atoms with van der Waals surface area (Å²) in [5.41, 5.74) is 0.771. The maximum absolute atomic E-state index is 13.5. The Morgan fingerprint density at radius 3 is 2.12 bits per heavy atom. The molecule has 4 aliphatic rings. The van der Waals surface area contributed by atoms with Gasteiger partial charge in [-0.1, -0.05) is 74.7 Å². The van der Waals surface area contributed by atoms with E-state index in [-0.39, 0.29) is 22.5 Å². The van der Waals surface area contributed by atoms with Crippen molar-refractivity contribution in [2.45, 2.75) is 157 Å². The third-order valence-corrected chi connectivity index (χ3v) is 18.4. The van der Waals surface area contributed by atoms with Gasteiger partial charge in [-0.25, -0.2) is 0 Å². The lowest BCUT2D eigenvalue weighted by Gasteiger charge is -2.63. The molecule has 1 nitrogen and oxygen atoms in total. The summed E-state index contributed by atoms with van der Waals surface area (Å²) in [6, 6.07) is 0. The molecule has 0 saturated heterocycles. The van der Waals surface area contributed by atoms with E-state index in [1.54, 1.807) is 0 Å². The van der Waals surface area contributed by atoms with Crippen molar-refractivity contribution in [3.63, 3.8) is 0 Å². The summed E-state index contributed by atoms with van der Waals surface area (Å²) in [6.07, 6.45) is 14.8. The zero-order chi connectivity index (χ0) is 29.7. The topological polar surface area (TPSA) is 9.23 Å². The second-order valence-corrected chi connectivity index (χ2v) is 22.2. The van der Waals surface area contributed by atoms with Gasteiger partial charge in [-0.05, 0) is 140 Å². The summed E-state index contributed by atoms with van der Waals surface area (Å²) in [7, 11) is -1.98. The van der Waals surface area contributed by atoms with Crippen molar-refractivity contribution in [1.29, 1.82) is 0 Å². The molecule has 232 valence electrons. The van der Waals surface area contributed by atoms with Gasteiger partial charge >= 0.3 is 0 Å². The van der Waals surface area contributed by atoms with Gasteiger partial charge < -0.3 is 4.43 Å². The largest absolute Gasteiger partial charge is 0.414 e. The Kier molecular flexibility index (Phi) is 9.84. The van der Waals surface area contributed by atoms with Crippen molar-refractivity contribution >= 4 is 8.32 Å². The minimum Gasteiger partial charge on any atom is -0.414 e. The first-order valence-electron chi connectivity index (χ1n) is 17.2. The summed E-state index contributed by atoms with van der Waals surface area (Å²) < 4.78 is 34.0. The van der Waals surface area contributed by atoms with Crippen LogP contribution < -0.4 is 0 Å². The monoisotopic (exact) mass is 578 g/mol. The Labute approximate surface area is 248 Å². The number of hydrogen-bond acceptors (Lipinski definition) is 1. The fourth-order valence-corrected chi connectivity index (χ4v) is 12.2. The predicted molar refractivity (Wildman–Crippen MR) is 169 cm³/mol. The predicted octanol–water partition coefficient (Wildman–Crippen LogP) is 11.9. The average Bonchev–Trinajstić information content (AvgIpc) is 3.19. The molecule has 4 rings (SSSR count). The minimum absolute atomic E-state index is 0.127. The van der Waals surface area contributed by atoms with Crippen LogP contribution in [0.5, 0.6) is 0 Å². The molecular weight excluding hydrogens is 514 g/mol. The average molecular weight is 579 g/mol. The second-order valence-electron chi connectivity index (χ2n) is 17.4. The smallest absolute Gasteiger partial charge is 0.266 e. The van der Waals surface area contributed by atoms with Crippen molar-refractivity contribution in [3.8, 4) is 0 Å². The van der Waals surface area contributed by atoms with Gasteiger partial charge in [-0.2, -0.15) is 8.78 Å². The van der Waals surface area contributed by atoms with E-state index in [0.717, 1.165) is 41.9 Å². The van der Waals surface area contributed by atoms with Crippen LogP contribution in [0.25, 0.3) is 0 Å². The zero-order valence-corrected chi connectivity index (χ0v) is 28.9. The second kappa shape index (κ2) is 12.0. The number of hydrogen-bond donors (Lipinski definition) is 0. The summed E-state index contributed by atoms with van der Waals surface area (Å²) in [5.74, 6) is 5.72. The lowest BCUT2D eigenvalue weighted by Crippen LogP contribution is -2.58. The van der Waals surface area contributed by atoms with Gasteiger partial charge in [0, 0.05) is 6.10 Å². The van der Waals surface area contributed by atoms with E-state index in [1.165, 1.54) is 70.3 Å². The molecule has 0 radical (unpaired) electrons. The third-order valence-electron chi connectivity index (χ3n) is 13.9. The molecular formula is C36H64F2OSi. The van der Waals surface area contributed by atoms with Gasteiger partial charge in [0.05, 0.1) is 0 Å². The first-order chi connectivity index (χ1) is 18.5. The molecule has 10 atom stereocenters. The highest BCUT2D eigenvalue weighted by atomic mass is 28.4. The lowest BCUT2D eigenvalue weighted by molar-refractivity contribution is -0.149. The third kappa shape index (κ3) is 6.20. The van der Waals surface area contributed by atoms with E-state index in [9.17, 15) is 8.78 Å². The Morgan fingerprint density at radius 2 is 1.50 bits per heavy atom. The Bertz CT molecular complexity index is 888. The van der Waals surface area contributed by atoms with Crippen LogP contribution in [0.1, 0.15) is 132 Å². The Hall–Kier alpha value is -0.223. The van der Waals surface area contributed by atoms with Crippen LogP contribution in [0.2, 0.25) is 18.1 Å². The molecule has 0 aromatic rings. The quantitative estimate of drug-likeness (QED) is 0.247. The SMILES string of the molecule is CC(C)CCC[C@@H](C)[C@H]1CC[C@H]2[C@@H]3CC[C@H]4[C@H](CC=C(F)F)[C@H](O[Si](C)(C)C(C)(C)C)CC[C@]4(C)[C@H]3CC[C@]12C. The fraction of sp³-hybridized carbons (Fsp3) is 0.944. The van der Waals surface area contributed by atoms with Crippen LogP contribution in [0.4, 0.5) is 8.78 Å². The maximum atomic E-state index is 13.5. The van der Waals surface area contributed by atoms with Gasteiger partial charge in [0.25, 0.3) is 6.08 Å². The first-order valence-corrected chi connectivity index (χ1v) is 20.1. The number of allylic oxidation sites excluding steroid dienone is 1. The van der Waals surface area contributed by atoms with E-state index in [1.807, 2.05) is 0 Å². The first kappa shape index (κ1) is 32.7. The highest BCUT2D eigenvalue weighted by Gasteiger charge is 2.62. The summed E-state index contributed by atoms with van der Waals surface area (Å²) >= 11 is 0. The van der Waals surface area contributed by atoms with Crippen molar-refractivity contribution in [3.05, 3.63) is 12.2 Å². The van der Waals surface area contributed by atoms with Gasteiger partial charge in [0.15, 0.2) is 8.32 Å². The molecule has 0 unspecified atom stereocenters. The number of fused-ring (bicyclic) bond motifs is 5. The normalized spacial score (nSPS) is 40.8. The molecule has 0 aliphatic heterocycles. The molecule has 0 aromatic heterocycles. The van der Waals surface area contributed by atoms with E-state index >= 15 is 0 Å². The minimum atomic E-state index is -1.98. The van der Waals surface area contributed by atoms with E-state index in [2.05, 4.69) is 68.5 Å². The molecule has 0 amide bonds. The molecule has 0 spiro atoms. The van der Waals surface area contributed by atoms with Crippen LogP contribution in [-0.2, 0) is 4.43 Å². The standard InChI is InChI=1S/C36H64F2OSi/c1-24(2)12-11-13-25(3)28-17-18-29-26-14-16-30-27(15-19-33(37)38)32(39-40(9,10)34(4,5)6)21-23-36(30,8)31(26)20-22-35(28,29)7/h19,24-32H,11-18,20-23H2,1-10H3/t25-,26+,27+,28-,29+,30+,31+,32-,35-,36+/m1/s1. The maximum Gasteiger partial charge on any atom is 0.266 e. The van der Waals surface area contributed by atoms with Crippen molar-refractivity contribution < 1.29 is 13.2 Å². The Morgan fingerprint density at radius 1 is 0.875 bits per heavy atom. The van der Waals surface area contributed by atoms with E-state index < -0.39 is 14.4 Å². The molecule has 40 heavy (non-hydrogen) atoms. The summed E-state index contributed by atoms with van der Waals surface area (Å²) in [4.78, 5) is 0. The zero-order valence-electron chi connectivity index (χ0n) is 27.9. The van der Waals surface area contributed by atoms with Gasteiger partial charge in [0.1, 0.15) is 0 Å². The number of rotatable bonds is 9. The molecule has 0 heterocycles. The van der Waals surface area contributed by atoms with Crippen LogP contribution in [0.15, 0.2) is 12.2 Å². The van der Waals surface area contributed by atoms with Crippen molar-refractivity contribution in [2.75, 3.05) is 0 Å². The van der Waals surface area contributed by atoms with Gasteiger partial charge in [-0.3, -0.25) is 0 Å². The molecule has 0 aromatic carbocycles. The molecule has 4 heteroatoms. The van der Waals surface area contributed by atoms with E-state index in [0.29, 0.717) is 17.8 Å². The van der Waals surface area contributed by atoms with Crippen LogP contribution >= 0.6 is 0 Å². The molecule has 0 bridgehead atoms. The van der Waals surface area contributed by atoms with Crippen LogP contribution in [-0.4, -0.2) is 14.4 Å². The lowest BCUT2D eigenvalue weighted by atomic mass is 9.43. The molecule has 4 fully saturated rings. The van der Waals surface area contributed by atoms with Gasteiger partial charge in [0.2, 0.25) is 0 Å².